The number of rotatable bonds is 3. The smallest absolute Gasteiger partial charge is 0.00262 e. The Hall–Kier alpha value is -4.16. The summed E-state index contributed by atoms with van der Waals surface area (Å²) >= 11 is 0. The minimum absolute atomic E-state index is 1.08. The third-order valence-electron chi connectivity index (χ3n) is 6.30. The van der Waals surface area contributed by atoms with E-state index in [9.17, 15) is 0 Å². The fourth-order valence-electron chi connectivity index (χ4n) is 4.69. The number of hydrogen-bond donors (Lipinski definition) is 0. The molecule has 0 heteroatoms. The van der Waals surface area contributed by atoms with E-state index in [-0.39, 0.29) is 0 Å². The number of fused-ring (bicyclic) bond motifs is 3. The van der Waals surface area contributed by atoms with Gasteiger partial charge in [0.15, 0.2) is 0 Å². The summed E-state index contributed by atoms with van der Waals surface area (Å²) in [5.41, 5.74) is 5.14. The van der Waals surface area contributed by atoms with Gasteiger partial charge >= 0.3 is 0 Å². The molecular weight excluding hydrogens is 528 g/mol. The molecular formula is C44H58. The number of benzene rings is 6. The molecule has 0 aliphatic heterocycles. The maximum atomic E-state index is 3.48. The van der Waals surface area contributed by atoms with E-state index >= 15 is 0 Å². The van der Waals surface area contributed by atoms with Crippen LogP contribution in [0.2, 0.25) is 0 Å². The van der Waals surface area contributed by atoms with Crippen LogP contribution in [0, 0.1) is 0 Å². The Morgan fingerprint density at radius 1 is 0.409 bits per heavy atom. The lowest BCUT2D eigenvalue weighted by Crippen LogP contribution is -1.91. The first-order valence-electron chi connectivity index (χ1n) is 16.9. The van der Waals surface area contributed by atoms with Crippen molar-refractivity contribution in [2.75, 3.05) is 0 Å². The van der Waals surface area contributed by atoms with Crippen LogP contribution < -0.4 is 0 Å². The van der Waals surface area contributed by atoms with Crippen LogP contribution in [0.4, 0.5) is 0 Å². The molecule has 0 aliphatic carbocycles. The molecule has 0 N–H and O–H groups in total. The van der Waals surface area contributed by atoms with Crippen molar-refractivity contribution in [1.82, 2.24) is 0 Å². The van der Waals surface area contributed by atoms with E-state index in [1.165, 1.54) is 54.6 Å². The average Bonchev–Trinajstić information content (AvgIpc) is 3.14. The molecule has 0 fully saturated rings. The molecule has 0 aliphatic rings. The molecule has 0 saturated carbocycles. The summed E-state index contributed by atoms with van der Waals surface area (Å²) in [4.78, 5) is 0. The lowest BCUT2D eigenvalue weighted by molar-refractivity contribution is 1.23. The van der Waals surface area contributed by atoms with Crippen molar-refractivity contribution in [2.45, 2.75) is 82.6 Å². The van der Waals surface area contributed by atoms with E-state index in [0.717, 1.165) is 6.42 Å². The topological polar surface area (TPSA) is 0 Å². The molecule has 0 radical (unpaired) electrons. The zero-order valence-corrected chi connectivity index (χ0v) is 29.5. The molecule has 0 aromatic heterocycles. The van der Waals surface area contributed by atoms with E-state index < -0.39 is 0 Å². The highest BCUT2D eigenvalue weighted by atomic mass is 14.2. The lowest BCUT2D eigenvalue weighted by atomic mass is 9.85. The molecule has 0 nitrogen and oxygen atoms in total. The van der Waals surface area contributed by atoms with Crippen LogP contribution >= 0.6 is 0 Å². The predicted octanol–water partition coefficient (Wildman–Crippen LogP) is 15.2. The molecule has 0 bridgehead atoms. The third-order valence-corrected chi connectivity index (χ3v) is 6.30. The molecule has 234 valence electrons. The van der Waals surface area contributed by atoms with Gasteiger partial charge in [-0.05, 0) is 73.1 Å². The molecule has 0 amide bonds. The first-order chi connectivity index (χ1) is 21.8. The van der Waals surface area contributed by atoms with Gasteiger partial charge in [-0.25, -0.2) is 0 Å². The molecule has 6 rings (SSSR count). The van der Waals surface area contributed by atoms with Crippen LogP contribution in [0.25, 0.3) is 54.6 Å². The van der Waals surface area contributed by atoms with Crippen molar-refractivity contribution in [3.63, 3.8) is 0 Å². The van der Waals surface area contributed by atoms with Crippen LogP contribution in [-0.4, -0.2) is 0 Å². The second-order valence-electron chi connectivity index (χ2n) is 8.47. The van der Waals surface area contributed by atoms with Gasteiger partial charge in [0.1, 0.15) is 0 Å². The van der Waals surface area contributed by atoms with Crippen LogP contribution in [0.1, 0.15) is 82.6 Å². The minimum Gasteiger partial charge on any atom is -0.103 e. The highest BCUT2D eigenvalue weighted by Gasteiger charge is 2.16. The fourth-order valence-corrected chi connectivity index (χ4v) is 4.69. The standard InChI is InChI=1S/C30H20.C4H8.5C2H6/c1-3-11-21(12-4-1)29-25-17-9-10-18-26(25)30(22-13-5-2-6-14-22)28-20-24-16-8-7-15-23(24)19-27(28)29;1-3-4-2;5*1-2/h1-20H;3H,1,4H2,2H3;5*1-2H3. The second-order valence-corrected chi connectivity index (χ2v) is 8.47. The van der Waals surface area contributed by atoms with Gasteiger partial charge in [0.2, 0.25) is 0 Å². The lowest BCUT2D eigenvalue weighted by Gasteiger charge is -2.18. The summed E-state index contributed by atoms with van der Waals surface area (Å²) < 4.78 is 0. The summed E-state index contributed by atoms with van der Waals surface area (Å²) in [6.45, 7) is 25.5. The predicted molar refractivity (Wildman–Crippen MR) is 207 cm³/mol. The molecule has 0 atom stereocenters. The van der Waals surface area contributed by atoms with Gasteiger partial charge in [0.05, 0.1) is 0 Å². The molecule has 44 heavy (non-hydrogen) atoms. The summed E-state index contributed by atoms with van der Waals surface area (Å²) in [5.74, 6) is 0. The van der Waals surface area contributed by atoms with E-state index in [2.05, 4.69) is 135 Å². The van der Waals surface area contributed by atoms with E-state index in [1.54, 1.807) is 0 Å². The van der Waals surface area contributed by atoms with Crippen molar-refractivity contribution >= 4 is 32.3 Å². The average molecular weight is 587 g/mol. The van der Waals surface area contributed by atoms with Crippen LogP contribution in [-0.2, 0) is 0 Å². The molecule has 0 heterocycles. The van der Waals surface area contributed by atoms with Crippen molar-refractivity contribution in [3.8, 4) is 22.3 Å². The van der Waals surface area contributed by atoms with Gasteiger partial charge in [0, 0.05) is 0 Å². The van der Waals surface area contributed by atoms with E-state index in [1.807, 2.05) is 75.3 Å². The van der Waals surface area contributed by atoms with Gasteiger partial charge in [-0.15, -0.1) is 6.58 Å². The van der Waals surface area contributed by atoms with Crippen molar-refractivity contribution < 1.29 is 0 Å². The van der Waals surface area contributed by atoms with E-state index in [4.69, 9.17) is 0 Å². The van der Waals surface area contributed by atoms with Gasteiger partial charge in [0.25, 0.3) is 0 Å². The van der Waals surface area contributed by atoms with Gasteiger partial charge in [-0.1, -0.05) is 191 Å². The SMILES string of the molecule is C=CCC.CC.CC.CC.CC.CC.c1ccc(-c2c3ccccc3c(-c3ccccc3)c3cc4ccccc4cc23)cc1. The summed E-state index contributed by atoms with van der Waals surface area (Å²) in [6.07, 6.45) is 2.96. The maximum absolute atomic E-state index is 3.48. The monoisotopic (exact) mass is 586 g/mol. The van der Waals surface area contributed by atoms with Crippen LogP contribution in [0.3, 0.4) is 0 Å². The Morgan fingerprint density at radius 3 is 0.977 bits per heavy atom. The molecule has 6 aromatic carbocycles. The number of allylic oxidation sites excluding steroid dienone is 1. The Morgan fingerprint density at radius 2 is 0.682 bits per heavy atom. The minimum atomic E-state index is 1.08. The Kier molecular flexibility index (Phi) is 22.0. The van der Waals surface area contributed by atoms with Crippen molar-refractivity contribution in [2.24, 2.45) is 0 Å². The second kappa shape index (κ2) is 24.3. The highest BCUT2D eigenvalue weighted by Crippen LogP contribution is 2.44. The summed E-state index contributed by atoms with van der Waals surface area (Å²) in [6, 6.07) is 43.8. The van der Waals surface area contributed by atoms with Gasteiger partial charge in [-0.2, -0.15) is 0 Å². The van der Waals surface area contributed by atoms with Gasteiger partial charge in [-0.3, -0.25) is 0 Å². The first kappa shape index (κ1) is 39.8. The van der Waals surface area contributed by atoms with Crippen LogP contribution in [0.15, 0.2) is 134 Å². The molecule has 0 spiro atoms. The zero-order valence-electron chi connectivity index (χ0n) is 29.5. The zero-order chi connectivity index (χ0) is 33.3. The molecule has 0 saturated heterocycles. The Balaban J connectivity index is 0.00000116. The fraction of sp³-hybridized carbons (Fsp3) is 0.273. The Bertz CT molecular complexity index is 1460. The summed E-state index contributed by atoms with van der Waals surface area (Å²) in [7, 11) is 0. The van der Waals surface area contributed by atoms with Crippen LogP contribution in [0.5, 0.6) is 0 Å². The largest absolute Gasteiger partial charge is 0.103 e. The summed E-state index contributed by atoms with van der Waals surface area (Å²) in [5, 5.41) is 7.75. The Labute approximate surface area is 270 Å². The van der Waals surface area contributed by atoms with Crippen molar-refractivity contribution in [1.29, 1.82) is 0 Å². The van der Waals surface area contributed by atoms with Crippen molar-refractivity contribution in [3.05, 3.63) is 134 Å². The first-order valence-corrected chi connectivity index (χ1v) is 16.9. The van der Waals surface area contributed by atoms with Gasteiger partial charge < -0.3 is 0 Å². The normalized spacial score (nSPS) is 8.98. The molecule has 6 aromatic rings. The quantitative estimate of drug-likeness (QED) is 0.143. The molecule has 0 unspecified atom stereocenters. The maximum Gasteiger partial charge on any atom is -0.00262 e. The number of hydrogen-bond acceptors (Lipinski definition) is 0. The van der Waals surface area contributed by atoms with E-state index in [0.29, 0.717) is 0 Å². The third kappa shape index (κ3) is 10.2. The highest BCUT2D eigenvalue weighted by molar-refractivity contribution is 6.23.